The molecule has 1 aromatic rings. The molecule has 2 heteroatoms. The average molecular weight is 176 g/mol. The van der Waals surface area contributed by atoms with Gasteiger partial charge in [0.15, 0.2) is 0 Å². The van der Waals surface area contributed by atoms with Crippen LogP contribution in [0.1, 0.15) is 17.9 Å². The van der Waals surface area contributed by atoms with Crippen molar-refractivity contribution in [3.05, 3.63) is 29.8 Å². The Balaban J connectivity index is 2.42. The third kappa shape index (κ3) is 1.42. The molecule has 70 valence electrons. The Kier molecular flexibility index (Phi) is 2.23. The minimum atomic E-state index is 0.562. The van der Waals surface area contributed by atoms with E-state index in [4.69, 9.17) is 5.73 Å². The molecular formula is C11H16N2. The maximum atomic E-state index is 5.75. The number of nitrogens with zero attached hydrogens (tertiary/aromatic N) is 1. The van der Waals surface area contributed by atoms with Crippen LogP contribution < -0.4 is 10.6 Å². The Morgan fingerprint density at radius 3 is 3.00 bits per heavy atom. The third-order valence-corrected chi connectivity index (χ3v) is 2.89. The number of para-hydroxylation sites is 1. The van der Waals surface area contributed by atoms with Crippen molar-refractivity contribution in [1.29, 1.82) is 0 Å². The van der Waals surface area contributed by atoms with E-state index in [9.17, 15) is 0 Å². The van der Waals surface area contributed by atoms with E-state index in [1.165, 1.54) is 17.7 Å². The normalized spacial score (nSPS) is 21.4. The van der Waals surface area contributed by atoms with E-state index < -0.39 is 0 Å². The summed E-state index contributed by atoms with van der Waals surface area (Å²) in [5.74, 6) is 0.562. The lowest BCUT2D eigenvalue weighted by molar-refractivity contribution is 0.601. The zero-order chi connectivity index (χ0) is 9.26. The Morgan fingerprint density at radius 1 is 1.46 bits per heavy atom. The van der Waals surface area contributed by atoms with Gasteiger partial charge in [0.2, 0.25) is 0 Å². The largest absolute Gasteiger partial charge is 0.374 e. The molecule has 0 aromatic heterocycles. The second-order valence-electron chi connectivity index (χ2n) is 3.70. The van der Waals surface area contributed by atoms with Crippen molar-refractivity contribution in [1.82, 2.24) is 0 Å². The van der Waals surface area contributed by atoms with Crippen LogP contribution in [0.2, 0.25) is 0 Å². The van der Waals surface area contributed by atoms with Crippen molar-refractivity contribution >= 4 is 5.69 Å². The first-order valence-electron chi connectivity index (χ1n) is 4.83. The molecule has 13 heavy (non-hydrogen) atoms. The summed E-state index contributed by atoms with van der Waals surface area (Å²) in [5, 5.41) is 0. The summed E-state index contributed by atoms with van der Waals surface area (Å²) in [6, 6.07) is 8.56. The summed E-state index contributed by atoms with van der Waals surface area (Å²) >= 11 is 0. The molecule has 0 unspecified atom stereocenters. The summed E-state index contributed by atoms with van der Waals surface area (Å²) in [4.78, 5) is 2.31. The number of fused-ring (bicyclic) bond motifs is 1. The monoisotopic (exact) mass is 176 g/mol. The SMILES string of the molecule is CN1CC[C@@H](CN)c2ccccc21. The smallest absolute Gasteiger partial charge is 0.0399 e. The van der Waals surface area contributed by atoms with Gasteiger partial charge in [-0.05, 0) is 30.5 Å². The van der Waals surface area contributed by atoms with Gasteiger partial charge in [-0.25, -0.2) is 0 Å². The number of hydrogen-bond acceptors (Lipinski definition) is 2. The van der Waals surface area contributed by atoms with E-state index in [2.05, 4.69) is 36.2 Å². The highest BCUT2D eigenvalue weighted by molar-refractivity contribution is 5.56. The fourth-order valence-corrected chi connectivity index (χ4v) is 2.05. The zero-order valence-electron chi connectivity index (χ0n) is 8.03. The highest BCUT2D eigenvalue weighted by Crippen LogP contribution is 2.33. The molecule has 1 aromatic carbocycles. The van der Waals surface area contributed by atoms with Crippen LogP contribution in [0.15, 0.2) is 24.3 Å². The number of benzene rings is 1. The molecule has 0 spiro atoms. The molecular weight excluding hydrogens is 160 g/mol. The lowest BCUT2D eigenvalue weighted by Gasteiger charge is -2.32. The van der Waals surface area contributed by atoms with Crippen LogP contribution in [0.3, 0.4) is 0 Å². The molecule has 2 rings (SSSR count). The van der Waals surface area contributed by atoms with E-state index >= 15 is 0 Å². The van der Waals surface area contributed by atoms with Crippen LogP contribution in [-0.4, -0.2) is 20.1 Å². The van der Waals surface area contributed by atoms with Crippen LogP contribution in [0.25, 0.3) is 0 Å². The molecule has 0 bridgehead atoms. The number of rotatable bonds is 1. The molecule has 0 saturated heterocycles. The van der Waals surface area contributed by atoms with Crippen molar-refractivity contribution in [2.75, 3.05) is 25.0 Å². The quantitative estimate of drug-likeness (QED) is 0.703. The molecule has 0 radical (unpaired) electrons. The molecule has 1 atom stereocenters. The maximum Gasteiger partial charge on any atom is 0.0399 e. The fourth-order valence-electron chi connectivity index (χ4n) is 2.05. The molecule has 0 aliphatic carbocycles. The zero-order valence-corrected chi connectivity index (χ0v) is 8.03. The lowest BCUT2D eigenvalue weighted by atomic mass is 9.90. The van der Waals surface area contributed by atoms with Gasteiger partial charge in [-0.2, -0.15) is 0 Å². The molecule has 2 nitrogen and oxygen atoms in total. The molecule has 1 heterocycles. The minimum Gasteiger partial charge on any atom is -0.374 e. The van der Waals surface area contributed by atoms with Crippen LogP contribution >= 0.6 is 0 Å². The predicted molar refractivity (Wildman–Crippen MR) is 56.1 cm³/mol. The second-order valence-corrected chi connectivity index (χ2v) is 3.70. The van der Waals surface area contributed by atoms with Crippen molar-refractivity contribution < 1.29 is 0 Å². The minimum absolute atomic E-state index is 0.562. The summed E-state index contributed by atoms with van der Waals surface area (Å²) < 4.78 is 0. The summed E-state index contributed by atoms with van der Waals surface area (Å²) in [7, 11) is 2.14. The average Bonchev–Trinajstić information content (AvgIpc) is 2.19. The van der Waals surface area contributed by atoms with E-state index in [1.807, 2.05) is 0 Å². The van der Waals surface area contributed by atoms with Crippen LogP contribution in [-0.2, 0) is 0 Å². The van der Waals surface area contributed by atoms with Gasteiger partial charge >= 0.3 is 0 Å². The van der Waals surface area contributed by atoms with E-state index in [0.717, 1.165) is 13.1 Å². The van der Waals surface area contributed by atoms with Gasteiger partial charge in [0.05, 0.1) is 0 Å². The van der Waals surface area contributed by atoms with Crippen LogP contribution in [0.4, 0.5) is 5.69 Å². The summed E-state index contributed by atoms with van der Waals surface area (Å²) in [6.45, 7) is 1.89. The maximum absolute atomic E-state index is 5.75. The Morgan fingerprint density at radius 2 is 2.23 bits per heavy atom. The van der Waals surface area contributed by atoms with Gasteiger partial charge in [-0.1, -0.05) is 18.2 Å². The van der Waals surface area contributed by atoms with Crippen molar-refractivity contribution in [2.24, 2.45) is 5.73 Å². The Labute approximate surface area is 79.4 Å². The van der Waals surface area contributed by atoms with Crippen molar-refractivity contribution in [3.63, 3.8) is 0 Å². The highest BCUT2D eigenvalue weighted by atomic mass is 15.1. The molecule has 1 aliphatic rings. The molecule has 1 aliphatic heterocycles. The fraction of sp³-hybridized carbons (Fsp3) is 0.455. The predicted octanol–water partition coefficient (Wildman–Crippen LogP) is 1.57. The molecule has 0 amide bonds. The van der Waals surface area contributed by atoms with Gasteiger partial charge in [-0.3, -0.25) is 0 Å². The first kappa shape index (κ1) is 8.57. The lowest BCUT2D eigenvalue weighted by Crippen LogP contribution is -2.29. The number of hydrogen-bond donors (Lipinski definition) is 1. The molecule has 0 fully saturated rings. The third-order valence-electron chi connectivity index (χ3n) is 2.89. The van der Waals surface area contributed by atoms with Crippen LogP contribution in [0.5, 0.6) is 0 Å². The van der Waals surface area contributed by atoms with Gasteiger partial charge < -0.3 is 10.6 Å². The summed E-state index contributed by atoms with van der Waals surface area (Å²) in [5.41, 5.74) is 8.51. The van der Waals surface area contributed by atoms with Gasteiger partial charge in [0.25, 0.3) is 0 Å². The van der Waals surface area contributed by atoms with Crippen molar-refractivity contribution in [3.8, 4) is 0 Å². The highest BCUT2D eigenvalue weighted by Gasteiger charge is 2.20. The first-order chi connectivity index (χ1) is 6.33. The van der Waals surface area contributed by atoms with Gasteiger partial charge in [-0.15, -0.1) is 0 Å². The molecule has 0 saturated carbocycles. The van der Waals surface area contributed by atoms with E-state index in [0.29, 0.717) is 5.92 Å². The van der Waals surface area contributed by atoms with E-state index in [1.54, 1.807) is 0 Å². The summed E-state index contributed by atoms with van der Waals surface area (Å²) in [6.07, 6.45) is 1.18. The second kappa shape index (κ2) is 3.38. The number of nitrogens with two attached hydrogens (primary N) is 1. The van der Waals surface area contributed by atoms with Crippen LogP contribution in [0, 0.1) is 0 Å². The van der Waals surface area contributed by atoms with Gasteiger partial charge in [0.1, 0.15) is 0 Å². The van der Waals surface area contributed by atoms with Gasteiger partial charge in [0, 0.05) is 19.3 Å². The Hall–Kier alpha value is -1.02. The number of anilines is 1. The van der Waals surface area contributed by atoms with Crippen molar-refractivity contribution in [2.45, 2.75) is 12.3 Å². The topological polar surface area (TPSA) is 29.3 Å². The first-order valence-corrected chi connectivity index (χ1v) is 4.83. The Bertz CT molecular complexity index is 296. The molecule has 2 N–H and O–H groups in total. The standard InChI is InChI=1S/C11H16N2/c1-13-7-6-9(8-12)10-4-2-3-5-11(10)13/h2-5,9H,6-8,12H2,1H3/t9-/m0/s1. The van der Waals surface area contributed by atoms with E-state index in [-0.39, 0.29) is 0 Å².